The Morgan fingerprint density at radius 1 is 1.09 bits per heavy atom. The Hall–Kier alpha value is -3.87. The highest BCUT2D eigenvalue weighted by atomic mass is 16.2. The average Bonchev–Trinajstić information content (AvgIpc) is 3.63. The van der Waals surface area contributed by atoms with Crippen molar-refractivity contribution in [3.63, 3.8) is 0 Å². The van der Waals surface area contributed by atoms with Crippen molar-refractivity contribution in [2.45, 2.75) is 32.4 Å². The Balaban J connectivity index is 1.51. The van der Waals surface area contributed by atoms with Gasteiger partial charge in [0.15, 0.2) is 0 Å². The molecule has 1 fully saturated rings. The lowest BCUT2D eigenvalue weighted by molar-refractivity contribution is 0.0784. The number of nitrogens with zero attached hydrogens (tertiary/aromatic N) is 2. The van der Waals surface area contributed by atoms with Crippen molar-refractivity contribution in [1.29, 1.82) is 0 Å². The minimum Gasteiger partial charge on any atom is -0.380 e. The van der Waals surface area contributed by atoms with Crippen molar-refractivity contribution >= 4 is 29.0 Å². The molecule has 0 unspecified atom stereocenters. The molecular formula is C25H27N5O2. The van der Waals surface area contributed by atoms with Crippen LogP contribution < -0.4 is 16.4 Å². The van der Waals surface area contributed by atoms with Gasteiger partial charge in [0.25, 0.3) is 11.8 Å². The van der Waals surface area contributed by atoms with E-state index in [1.807, 2.05) is 67.4 Å². The number of carbonyl (C=O) groups excluding carboxylic acids is 2. The maximum atomic E-state index is 12.7. The summed E-state index contributed by atoms with van der Waals surface area (Å²) in [5.74, 6) is 0.0742. The van der Waals surface area contributed by atoms with Crippen LogP contribution in [0.1, 0.15) is 44.7 Å². The number of hydrogen-bond donors (Lipinski definition) is 3. The number of aromatic nitrogens is 1. The molecule has 0 spiro atoms. The summed E-state index contributed by atoms with van der Waals surface area (Å²) in [6, 6.07) is 17.6. The lowest BCUT2D eigenvalue weighted by atomic mass is 10.1. The van der Waals surface area contributed by atoms with Gasteiger partial charge in [-0.25, -0.2) is 4.98 Å². The molecule has 1 aliphatic rings. The third-order valence-corrected chi connectivity index (χ3v) is 5.64. The van der Waals surface area contributed by atoms with Gasteiger partial charge in [0.05, 0.1) is 11.3 Å². The molecule has 0 aliphatic heterocycles. The van der Waals surface area contributed by atoms with E-state index in [-0.39, 0.29) is 5.91 Å². The Labute approximate surface area is 187 Å². The highest BCUT2D eigenvalue weighted by molar-refractivity contribution is 5.99. The minimum absolute atomic E-state index is 0.0490. The third kappa shape index (κ3) is 4.88. The molecule has 3 aromatic rings. The zero-order valence-corrected chi connectivity index (χ0v) is 18.3. The van der Waals surface area contributed by atoms with Crippen molar-refractivity contribution in [1.82, 2.24) is 9.88 Å². The molecule has 0 saturated heterocycles. The summed E-state index contributed by atoms with van der Waals surface area (Å²) in [4.78, 5) is 30.7. The van der Waals surface area contributed by atoms with Gasteiger partial charge < -0.3 is 21.3 Å². The molecule has 1 heterocycles. The average molecular weight is 430 g/mol. The van der Waals surface area contributed by atoms with E-state index in [4.69, 9.17) is 5.73 Å². The van der Waals surface area contributed by atoms with E-state index >= 15 is 0 Å². The van der Waals surface area contributed by atoms with Crippen LogP contribution in [0.2, 0.25) is 0 Å². The number of benzene rings is 2. The monoisotopic (exact) mass is 429 g/mol. The van der Waals surface area contributed by atoms with Crippen LogP contribution in [-0.4, -0.2) is 34.8 Å². The summed E-state index contributed by atoms with van der Waals surface area (Å²) in [5.41, 5.74) is 9.94. The number of hydrogen-bond acceptors (Lipinski definition) is 5. The number of pyridine rings is 1. The van der Waals surface area contributed by atoms with Gasteiger partial charge in [0.1, 0.15) is 5.82 Å². The first-order valence-electron chi connectivity index (χ1n) is 10.6. The number of amides is 2. The Morgan fingerprint density at radius 3 is 2.50 bits per heavy atom. The summed E-state index contributed by atoms with van der Waals surface area (Å²) in [6.07, 6.45) is 3.62. The Morgan fingerprint density at radius 2 is 1.84 bits per heavy atom. The number of anilines is 3. The zero-order valence-electron chi connectivity index (χ0n) is 18.3. The van der Waals surface area contributed by atoms with Crippen LogP contribution in [0, 0.1) is 6.92 Å². The standard InChI is InChI=1S/C25H27N5O2/c1-16-12-18(8-11-20(16)25(32)30(2)19-9-10-19)29-23-13-22(21(15-28-23)24(26)31)27-14-17-6-4-3-5-7-17/h3-8,11-13,15,19H,9-10,14H2,1-2H3,(H2,26,31)(H2,27,28,29). The molecule has 2 amide bonds. The number of nitrogens with one attached hydrogen (secondary N) is 2. The van der Waals surface area contributed by atoms with E-state index in [9.17, 15) is 9.59 Å². The van der Waals surface area contributed by atoms with Crippen LogP contribution in [0.4, 0.5) is 17.2 Å². The molecule has 7 heteroatoms. The van der Waals surface area contributed by atoms with Crippen molar-refractivity contribution in [2.24, 2.45) is 5.73 Å². The quantitative estimate of drug-likeness (QED) is 0.501. The summed E-state index contributed by atoms with van der Waals surface area (Å²) >= 11 is 0. The van der Waals surface area contributed by atoms with Crippen LogP contribution in [0.5, 0.6) is 0 Å². The fraction of sp³-hybridized carbons (Fsp3) is 0.240. The Bertz CT molecular complexity index is 1140. The van der Waals surface area contributed by atoms with Gasteiger partial charge in [-0.1, -0.05) is 30.3 Å². The number of rotatable bonds is 8. The zero-order chi connectivity index (χ0) is 22.7. The van der Waals surface area contributed by atoms with Crippen molar-refractivity contribution in [2.75, 3.05) is 17.7 Å². The summed E-state index contributed by atoms with van der Waals surface area (Å²) in [6.45, 7) is 2.48. The van der Waals surface area contributed by atoms with E-state index in [1.165, 1.54) is 6.20 Å². The van der Waals surface area contributed by atoms with E-state index < -0.39 is 5.91 Å². The maximum Gasteiger partial charge on any atom is 0.254 e. The summed E-state index contributed by atoms with van der Waals surface area (Å²) in [7, 11) is 1.86. The molecular weight excluding hydrogens is 402 g/mol. The highest BCUT2D eigenvalue weighted by Crippen LogP contribution is 2.28. The van der Waals surface area contributed by atoms with Crippen LogP contribution in [0.3, 0.4) is 0 Å². The van der Waals surface area contributed by atoms with E-state index in [1.54, 1.807) is 6.07 Å². The van der Waals surface area contributed by atoms with Gasteiger partial charge in [-0.05, 0) is 49.1 Å². The summed E-state index contributed by atoms with van der Waals surface area (Å²) < 4.78 is 0. The highest BCUT2D eigenvalue weighted by Gasteiger charge is 2.30. The first-order chi connectivity index (χ1) is 15.4. The van der Waals surface area contributed by atoms with Gasteiger partial charge in [-0.2, -0.15) is 0 Å². The van der Waals surface area contributed by atoms with Crippen molar-refractivity contribution in [3.8, 4) is 0 Å². The molecule has 4 rings (SSSR count). The molecule has 0 bridgehead atoms. The molecule has 4 N–H and O–H groups in total. The van der Waals surface area contributed by atoms with Gasteiger partial charge in [0, 0.05) is 43.1 Å². The van der Waals surface area contributed by atoms with E-state index in [0.717, 1.165) is 29.7 Å². The van der Waals surface area contributed by atoms with Gasteiger partial charge in [-0.3, -0.25) is 9.59 Å². The van der Waals surface area contributed by atoms with Crippen LogP contribution in [0.25, 0.3) is 0 Å². The SMILES string of the molecule is Cc1cc(Nc2cc(NCc3ccccc3)c(C(N)=O)cn2)ccc1C(=O)N(C)C1CC1. The lowest BCUT2D eigenvalue weighted by Crippen LogP contribution is -2.29. The first-order valence-corrected chi connectivity index (χ1v) is 10.6. The number of carbonyl (C=O) groups is 2. The van der Waals surface area contributed by atoms with Gasteiger partial charge >= 0.3 is 0 Å². The molecule has 1 aromatic heterocycles. The van der Waals surface area contributed by atoms with Gasteiger partial charge in [0.2, 0.25) is 0 Å². The molecule has 7 nitrogen and oxygen atoms in total. The summed E-state index contributed by atoms with van der Waals surface area (Å²) in [5, 5.41) is 6.52. The molecule has 0 radical (unpaired) electrons. The smallest absolute Gasteiger partial charge is 0.254 e. The first kappa shape index (κ1) is 21.4. The topological polar surface area (TPSA) is 100 Å². The molecule has 1 aliphatic carbocycles. The number of aryl methyl sites for hydroxylation is 1. The molecule has 2 aromatic carbocycles. The molecule has 32 heavy (non-hydrogen) atoms. The second kappa shape index (κ2) is 9.09. The second-order valence-electron chi connectivity index (χ2n) is 8.12. The van der Waals surface area contributed by atoms with Crippen LogP contribution in [-0.2, 0) is 6.54 Å². The minimum atomic E-state index is -0.543. The van der Waals surface area contributed by atoms with E-state index in [2.05, 4.69) is 15.6 Å². The maximum absolute atomic E-state index is 12.7. The third-order valence-electron chi connectivity index (χ3n) is 5.64. The van der Waals surface area contributed by atoms with Crippen LogP contribution >= 0.6 is 0 Å². The lowest BCUT2D eigenvalue weighted by Gasteiger charge is -2.18. The second-order valence-corrected chi connectivity index (χ2v) is 8.12. The number of nitrogens with two attached hydrogens (primary N) is 1. The van der Waals surface area contributed by atoms with Gasteiger partial charge in [-0.15, -0.1) is 0 Å². The van der Waals surface area contributed by atoms with E-state index in [0.29, 0.717) is 35.2 Å². The Kier molecular flexibility index (Phi) is 6.07. The fourth-order valence-electron chi connectivity index (χ4n) is 3.61. The largest absolute Gasteiger partial charge is 0.380 e. The predicted molar refractivity (Wildman–Crippen MR) is 126 cm³/mol. The predicted octanol–water partition coefficient (Wildman–Crippen LogP) is 4.08. The van der Waals surface area contributed by atoms with Crippen molar-refractivity contribution < 1.29 is 9.59 Å². The normalized spacial score (nSPS) is 12.8. The fourth-order valence-corrected chi connectivity index (χ4v) is 3.61. The van der Waals surface area contributed by atoms with Crippen LogP contribution in [0.15, 0.2) is 60.8 Å². The number of primary amides is 1. The van der Waals surface area contributed by atoms with Crippen molar-refractivity contribution in [3.05, 3.63) is 83.0 Å². The molecule has 1 saturated carbocycles. The molecule has 164 valence electrons. The molecule has 0 atom stereocenters.